The lowest BCUT2D eigenvalue weighted by Crippen LogP contribution is -1.98. The van der Waals surface area contributed by atoms with Gasteiger partial charge in [-0.2, -0.15) is 0 Å². The molecule has 0 spiro atoms. The maximum absolute atomic E-state index is 13.6. The van der Waals surface area contributed by atoms with Crippen LogP contribution in [-0.4, -0.2) is 11.1 Å². The molecule has 4 heteroatoms. The summed E-state index contributed by atoms with van der Waals surface area (Å²) < 4.78 is 26.7. The van der Waals surface area contributed by atoms with Crippen LogP contribution < -0.4 is 0 Å². The Morgan fingerprint density at radius 2 is 1.83 bits per heavy atom. The van der Waals surface area contributed by atoms with E-state index in [0.29, 0.717) is 11.1 Å². The van der Waals surface area contributed by atoms with Gasteiger partial charge in [-0.3, -0.25) is 0 Å². The molecular formula is C14H10F2O2. The van der Waals surface area contributed by atoms with E-state index in [2.05, 4.69) is 0 Å². The molecule has 2 aromatic rings. The molecule has 2 nitrogen and oxygen atoms in total. The van der Waals surface area contributed by atoms with Gasteiger partial charge in [-0.1, -0.05) is 6.07 Å². The average molecular weight is 248 g/mol. The van der Waals surface area contributed by atoms with Crippen molar-refractivity contribution in [3.8, 4) is 11.1 Å². The Bertz CT molecular complexity index is 621. The molecule has 0 saturated heterocycles. The molecule has 0 unspecified atom stereocenters. The van der Waals surface area contributed by atoms with Crippen LogP contribution >= 0.6 is 0 Å². The summed E-state index contributed by atoms with van der Waals surface area (Å²) in [4.78, 5) is 10.9. The highest BCUT2D eigenvalue weighted by Gasteiger charge is 2.11. The molecule has 0 saturated carbocycles. The molecule has 0 aliphatic heterocycles. The van der Waals surface area contributed by atoms with Crippen LogP contribution in [0.3, 0.4) is 0 Å². The number of carboxylic acid groups (broad SMARTS) is 1. The van der Waals surface area contributed by atoms with Crippen LogP contribution in [0.2, 0.25) is 0 Å². The number of rotatable bonds is 2. The van der Waals surface area contributed by atoms with Gasteiger partial charge in [0.2, 0.25) is 0 Å². The molecule has 0 fully saturated rings. The van der Waals surface area contributed by atoms with Crippen LogP contribution in [0.1, 0.15) is 15.9 Å². The number of aromatic carboxylic acids is 1. The Labute approximate surface area is 103 Å². The molecule has 0 heterocycles. The third kappa shape index (κ3) is 2.37. The number of hydrogen-bond acceptors (Lipinski definition) is 1. The van der Waals surface area contributed by atoms with Gasteiger partial charge in [0.25, 0.3) is 0 Å². The second kappa shape index (κ2) is 4.56. The fourth-order valence-corrected chi connectivity index (χ4v) is 1.78. The highest BCUT2D eigenvalue weighted by atomic mass is 19.1. The monoisotopic (exact) mass is 248 g/mol. The third-order valence-electron chi connectivity index (χ3n) is 2.56. The van der Waals surface area contributed by atoms with Crippen LogP contribution in [0, 0.1) is 18.6 Å². The Kier molecular flexibility index (Phi) is 3.10. The van der Waals surface area contributed by atoms with Gasteiger partial charge in [-0.05, 0) is 48.4 Å². The van der Waals surface area contributed by atoms with Crippen molar-refractivity contribution in [3.63, 3.8) is 0 Å². The minimum Gasteiger partial charge on any atom is -0.478 e. The molecule has 0 radical (unpaired) electrons. The smallest absolute Gasteiger partial charge is 0.335 e. The molecule has 2 aromatic carbocycles. The maximum atomic E-state index is 13.6. The molecule has 2 rings (SSSR count). The maximum Gasteiger partial charge on any atom is 0.335 e. The standard InChI is InChI=1S/C14H10F2O2/c1-8-4-9(6-10(5-8)14(17)18)12-7-11(15)2-3-13(12)16/h2-7H,1H3,(H,17,18). The van der Waals surface area contributed by atoms with E-state index in [-0.39, 0.29) is 11.1 Å². The van der Waals surface area contributed by atoms with Crippen molar-refractivity contribution >= 4 is 5.97 Å². The zero-order valence-electron chi connectivity index (χ0n) is 9.58. The van der Waals surface area contributed by atoms with E-state index >= 15 is 0 Å². The predicted octanol–water partition coefficient (Wildman–Crippen LogP) is 3.64. The lowest BCUT2D eigenvalue weighted by atomic mass is 10.00. The first-order valence-corrected chi connectivity index (χ1v) is 5.28. The van der Waals surface area contributed by atoms with E-state index in [1.807, 2.05) is 0 Å². The van der Waals surface area contributed by atoms with Crippen molar-refractivity contribution < 1.29 is 18.7 Å². The minimum atomic E-state index is -1.10. The van der Waals surface area contributed by atoms with Crippen molar-refractivity contribution in [2.45, 2.75) is 6.92 Å². The first-order chi connectivity index (χ1) is 8.47. The van der Waals surface area contributed by atoms with Crippen LogP contribution in [0.5, 0.6) is 0 Å². The lowest BCUT2D eigenvalue weighted by molar-refractivity contribution is 0.0697. The fourth-order valence-electron chi connectivity index (χ4n) is 1.78. The van der Waals surface area contributed by atoms with Crippen molar-refractivity contribution in [2.75, 3.05) is 0 Å². The number of benzene rings is 2. The second-order valence-corrected chi connectivity index (χ2v) is 4.02. The highest BCUT2D eigenvalue weighted by molar-refractivity contribution is 5.89. The molecule has 18 heavy (non-hydrogen) atoms. The number of hydrogen-bond donors (Lipinski definition) is 1. The van der Waals surface area contributed by atoms with Crippen molar-refractivity contribution in [3.05, 3.63) is 59.2 Å². The molecule has 0 amide bonds. The summed E-state index contributed by atoms with van der Waals surface area (Å²) in [6.07, 6.45) is 0. The average Bonchev–Trinajstić information content (AvgIpc) is 2.31. The Morgan fingerprint density at radius 3 is 2.50 bits per heavy atom. The van der Waals surface area contributed by atoms with Gasteiger partial charge >= 0.3 is 5.97 Å². The SMILES string of the molecule is Cc1cc(C(=O)O)cc(-c2cc(F)ccc2F)c1. The van der Waals surface area contributed by atoms with Gasteiger partial charge in [0.15, 0.2) is 0 Å². The van der Waals surface area contributed by atoms with Crippen molar-refractivity contribution in [1.29, 1.82) is 0 Å². The molecule has 0 atom stereocenters. The Morgan fingerprint density at radius 1 is 1.11 bits per heavy atom. The van der Waals surface area contributed by atoms with E-state index in [4.69, 9.17) is 5.11 Å². The summed E-state index contributed by atoms with van der Waals surface area (Å²) in [6.45, 7) is 1.70. The zero-order chi connectivity index (χ0) is 13.3. The first kappa shape index (κ1) is 12.2. The summed E-state index contributed by atoms with van der Waals surface area (Å²) in [5.41, 5.74) is 1.13. The van der Waals surface area contributed by atoms with Gasteiger partial charge in [0.05, 0.1) is 5.56 Å². The Balaban J connectivity index is 2.63. The van der Waals surface area contributed by atoms with E-state index in [1.54, 1.807) is 13.0 Å². The molecule has 0 aromatic heterocycles. The topological polar surface area (TPSA) is 37.3 Å². The number of aryl methyl sites for hydroxylation is 1. The largest absolute Gasteiger partial charge is 0.478 e. The van der Waals surface area contributed by atoms with Gasteiger partial charge in [-0.25, -0.2) is 13.6 Å². The van der Waals surface area contributed by atoms with Gasteiger partial charge in [-0.15, -0.1) is 0 Å². The molecular weight excluding hydrogens is 238 g/mol. The minimum absolute atomic E-state index is 0.0497. The van der Waals surface area contributed by atoms with Crippen molar-refractivity contribution in [2.24, 2.45) is 0 Å². The van der Waals surface area contributed by atoms with Crippen LogP contribution in [0.15, 0.2) is 36.4 Å². The summed E-state index contributed by atoms with van der Waals surface area (Å²) in [7, 11) is 0. The van der Waals surface area contributed by atoms with Crippen LogP contribution in [0.25, 0.3) is 11.1 Å². The second-order valence-electron chi connectivity index (χ2n) is 4.02. The van der Waals surface area contributed by atoms with E-state index in [0.717, 1.165) is 18.2 Å². The summed E-state index contributed by atoms with van der Waals surface area (Å²) in [6, 6.07) is 7.51. The Hall–Kier alpha value is -2.23. The summed E-state index contributed by atoms with van der Waals surface area (Å²) in [5.74, 6) is -2.25. The molecule has 1 N–H and O–H groups in total. The zero-order valence-corrected chi connectivity index (χ0v) is 9.58. The summed E-state index contributed by atoms with van der Waals surface area (Å²) in [5, 5.41) is 8.94. The van der Waals surface area contributed by atoms with Crippen LogP contribution in [-0.2, 0) is 0 Å². The van der Waals surface area contributed by atoms with E-state index in [1.165, 1.54) is 12.1 Å². The lowest BCUT2D eigenvalue weighted by Gasteiger charge is -2.07. The number of carbonyl (C=O) groups is 1. The normalized spacial score (nSPS) is 10.4. The molecule has 0 bridgehead atoms. The third-order valence-corrected chi connectivity index (χ3v) is 2.56. The molecule has 0 aliphatic rings. The quantitative estimate of drug-likeness (QED) is 0.880. The van der Waals surface area contributed by atoms with Gasteiger partial charge < -0.3 is 5.11 Å². The molecule has 0 aliphatic carbocycles. The van der Waals surface area contributed by atoms with E-state index in [9.17, 15) is 13.6 Å². The fraction of sp³-hybridized carbons (Fsp3) is 0.0714. The van der Waals surface area contributed by atoms with Gasteiger partial charge in [0, 0.05) is 5.56 Å². The van der Waals surface area contributed by atoms with Gasteiger partial charge in [0.1, 0.15) is 11.6 Å². The number of carboxylic acids is 1. The summed E-state index contributed by atoms with van der Waals surface area (Å²) >= 11 is 0. The first-order valence-electron chi connectivity index (χ1n) is 5.28. The van der Waals surface area contributed by atoms with Crippen LogP contribution in [0.4, 0.5) is 8.78 Å². The number of halogens is 2. The predicted molar refractivity (Wildman–Crippen MR) is 63.5 cm³/mol. The molecule has 92 valence electrons. The van der Waals surface area contributed by atoms with Crippen molar-refractivity contribution in [1.82, 2.24) is 0 Å². The highest BCUT2D eigenvalue weighted by Crippen LogP contribution is 2.26. The van der Waals surface area contributed by atoms with E-state index < -0.39 is 17.6 Å².